The highest BCUT2D eigenvalue weighted by Crippen LogP contribution is 2.30. The molecule has 0 aliphatic rings. The first-order valence-corrected chi connectivity index (χ1v) is 5.17. The van der Waals surface area contributed by atoms with Crippen LogP contribution in [0, 0.1) is 54.8 Å². The molecule has 96 valence electrons. The summed E-state index contributed by atoms with van der Waals surface area (Å²) >= 11 is 0. The van der Waals surface area contributed by atoms with Crippen molar-refractivity contribution in [2.45, 2.75) is 12.8 Å². The second kappa shape index (κ2) is 8.30. The lowest BCUT2D eigenvalue weighted by Gasteiger charge is -2.24. The summed E-state index contributed by atoms with van der Waals surface area (Å²) < 4.78 is 9.49. The Hall–Kier alpha value is -2.82. The van der Waals surface area contributed by atoms with Gasteiger partial charge in [-0.05, 0) is 0 Å². The van der Waals surface area contributed by atoms with E-state index in [1.54, 1.807) is 0 Å². The fourth-order valence-electron chi connectivity index (χ4n) is 1.27. The van der Waals surface area contributed by atoms with Gasteiger partial charge in [-0.15, -0.1) is 37.5 Å². The van der Waals surface area contributed by atoms with Gasteiger partial charge in [-0.25, -0.2) is 0 Å². The zero-order valence-corrected chi connectivity index (χ0v) is 10.3. The molecule has 0 fully saturated rings. The number of carbonyl (C=O) groups excluding carboxylic acids is 2. The fraction of sp³-hybridized carbons (Fsp3) is 0.333. The van der Waals surface area contributed by atoms with E-state index in [0.717, 1.165) is 0 Å². The molecule has 0 rings (SSSR count). The van der Waals surface area contributed by atoms with E-state index in [2.05, 4.69) is 23.7 Å². The van der Waals surface area contributed by atoms with Gasteiger partial charge in [0.25, 0.3) is 0 Å². The molecule has 0 aliphatic heterocycles. The van der Waals surface area contributed by atoms with Gasteiger partial charge >= 0.3 is 11.9 Å². The maximum Gasteiger partial charge on any atom is 0.326 e. The third-order valence-electron chi connectivity index (χ3n) is 2.16. The highest BCUT2D eigenvalue weighted by atomic mass is 16.6. The summed E-state index contributed by atoms with van der Waals surface area (Å²) in [4.78, 5) is 23.9. The summed E-state index contributed by atoms with van der Waals surface area (Å²) in [6.45, 7) is -0.587. The van der Waals surface area contributed by atoms with Gasteiger partial charge in [-0.3, -0.25) is 9.59 Å². The normalized spacial score (nSPS) is 9.05. The molecule has 0 saturated heterocycles. The van der Waals surface area contributed by atoms with Crippen LogP contribution in [0.2, 0.25) is 0 Å². The second-order valence-electron chi connectivity index (χ2n) is 3.40. The molecule has 0 bridgehead atoms. The molecule has 0 N–H and O–H groups in total. The monoisotopic (exact) mass is 256 g/mol. The fourth-order valence-corrected chi connectivity index (χ4v) is 1.27. The minimum Gasteiger partial charge on any atom is -0.452 e. The average Bonchev–Trinajstić information content (AvgIpc) is 2.41. The summed E-state index contributed by atoms with van der Waals surface area (Å²) in [7, 11) is 0. The van der Waals surface area contributed by atoms with Gasteiger partial charge in [0.1, 0.15) is 0 Å². The molecule has 0 atom stereocenters. The Kier molecular flexibility index (Phi) is 7.07. The topological polar surface area (TPSA) is 52.6 Å². The van der Waals surface area contributed by atoms with Crippen LogP contribution in [-0.2, 0) is 19.1 Å². The van der Waals surface area contributed by atoms with Crippen molar-refractivity contribution in [3.8, 4) is 49.4 Å². The van der Waals surface area contributed by atoms with Crippen LogP contribution in [0.3, 0.4) is 0 Å². The lowest BCUT2D eigenvalue weighted by molar-refractivity contribution is -0.170. The zero-order chi connectivity index (χ0) is 14.7. The van der Waals surface area contributed by atoms with Gasteiger partial charge in [0.05, 0.1) is 0 Å². The van der Waals surface area contributed by atoms with Gasteiger partial charge in [-0.2, -0.15) is 0 Å². The predicted molar refractivity (Wildman–Crippen MR) is 68.9 cm³/mol. The standard InChI is InChI=1S/C15H12O4/c1-5-9-15(10-6-2,13(16)18-11-7-3)14(17)19-12-8-4/h1-4H,9-12H2. The molecule has 0 aromatic heterocycles. The summed E-state index contributed by atoms with van der Waals surface area (Å²) in [6.07, 6.45) is 19.8. The van der Waals surface area contributed by atoms with Crippen LogP contribution in [0.15, 0.2) is 0 Å². The first-order valence-electron chi connectivity index (χ1n) is 5.17. The molecule has 0 spiro atoms. The van der Waals surface area contributed by atoms with Crippen molar-refractivity contribution in [3.05, 3.63) is 0 Å². The van der Waals surface area contributed by atoms with Gasteiger partial charge in [0.15, 0.2) is 18.6 Å². The number of hydrogen-bond donors (Lipinski definition) is 0. The third kappa shape index (κ3) is 4.16. The minimum atomic E-state index is -1.77. The summed E-state index contributed by atoms with van der Waals surface area (Å²) in [5, 5.41) is 0. The largest absolute Gasteiger partial charge is 0.452 e. The Balaban J connectivity index is 5.32. The molecule has 4 nitrogen and oxygen atoms in total. The van der Waals surface area contributed by atoms with Crippen LogP contribution >= 0.6 is 0 Å². The maximum absolute atomic E-state index is 11.9. The number of hydrogen-bond acceptors (Lipinski definition) is 4. The van der Waals surface area contributed by atoms with E-state index in [9.17, 15) is 9.59 Å². The van der Waals surface area contributed by atoms with Crippen LogP contribution in [0.4, 0.5) is 0 Å². The van der Waals surface area contributed by atoms with Crippen molar-refractivity contribution in [1.29, 1.82) is 0 Å². The first-order chi connectivity index (χ1) is 9.08. The number of esters is 2. The van der Waals surface area contributed by atoms with Crippen LogP contribution in [0.1, 0.15) is 12.8 Å². The molecule has 0 aliphatic carbocycles. The van der Waals surface area contributed by atoms with E-state index in [4.69, 9.17) is 35.2 Å². The third-order valence-corrected chi connectivity index (χ3v) is 2.16. The number of rotatable bonds is 6. The van der Waals surface area contributed by atoms with Crippen LogP contribution in [0.25, 0.3) is 0 Å². The maximum atomic E-state index is 11.9. The lowest BCUT2D eigenvalue weighted by Crippen LogP contribution is -2.42. The predicted octanol–water partition coefficient (Wildman–Crippen LogP) is 0.372. The number of carbonyl (C=O) groups is 2. The Morgan fingerprint density at radius 2 is 1.16 bits per heavy atom. The molecule has 0 aromatic rings. The zero-order valence-electron chi connectivity index (χ0n) is 10.3. The SMILES string of the molecule is C#CCOC(=O)C(CC#C)(CC#C)C(=O)OCC#C. The van der Waals surface area contributed by atoms with Crippen molar-refractivity contribution in [3.63, 3.8) is 0 Å². The lowest BCUT2D eigenvalue weighted by atomic mass is 9.81. The second-order valence-corrected chi connectivity index (χ2v) is 3.40. The van der Waals surface area contributed by atoms with Gasteiger partial charge in [0.2, 0.25) is 0 Å². The average molecular weight is 256 g/mol. The minimum absolute atomic E-state index is 0.260. The molecule has 0 radical (unpaired) electrons. The summed E-state index contributed by atoms with van der Waals surface area (Å²) in [5.74, 6) is 6.80. The molecule has 19 heavy (non-hydrogen) atoms. The van der Waals surface area contributed by atoms with E-state index in [1.165, 1.54) is 0 Å². The first kappa shape index (κ1) is 16.2. The van der Waals surface area contributed by atoms with Crippen LogP contribution in [-0.4, -0.2) is 25.2 Å². The molecular formula is C15H12O4. The smallest absolute Gasteiger partial charge is 0.326 e. The molecular weight excluding hydrogens is 244 g/mol. The summed E-state index contributed by atoms with van der Waals surface area (Å²) in [6, 6.07) is 0. The molecule has 0 saturated carbocycles. The van der Waals surface area contributed by atoms with E-state index in [-0.39, 0.29) is 26.1 Å². The number of terminal acetylenes is 4. The van der Waals surface area contributed by atoms with Crippen molar-refractivity contribution >= 4 is 11.9 Å². The highest BCUT2D eigenvalue weighted by Gasteiger charge is 2.48. The van der Waals surface area contributed by atoms with Crippen LogP contribution < -0.4 is 0 Å². The van der Waals surface area contributed by atoms with Crippen molar-refractivity contribution < 1.29 is 19.1 Å². The van der Waals surface area contributed by atoms with E-state index in [0.29, 0.717) is 0 Å². The quantitative estimate of drug-likeness (QED) is 0.391. The number of ether oxygens (including phenoxy) is 2. The molecule has 0 unspecified atom stereocenters. The molecule has 4 heteroatoms. The Labute approximate surface area is 112 Å². The molecule has 0 amide bonds. The Bertz CT molecular complexity index is 454. The van der Waals surface area contributed by atoms with Crippen LogP contribution in [0.5, 0.6) is 0 Å². The van der Waals surface area contributed by atoms with Gasteiger partial charge < -0.3 is 9.47 Å². The van der Waals surface area contributed by atoms with Gasteiger partial charge in [-0.1, -0.05) is 11.8 Å². The van der Waals surface area contributed by atoms with E-state index in [1.807, 2.05) is 0 Å². The Morgan fingerprint density at radius 3 is 1.42 bits per heavy atom. The van der Waals surface area contributed by atoms with E-state index < -0.39 is 17.4 Å². The van der Waals surface area contributed by atoms with Crippen molar-refractivity contribution in [1.82, 2.24) is 0 Å². The van der Waals surface area contributed by atoms with E-state index >= 15 is 0 Å². The molecule has 0 aromatic carbocycles. The molecule has 0 heterocycles. The van der Waals surface area contributed by atoms with Gasteiger partial charge in [0, 0.05) is 12.8 Å². The van der Waals surface area contributed by atoms with Crippen molar-refractivity contribution in [2.75, 3.05) is 13.2 Å². The Morgan fingerprint density at radius 1 is 0.789 bits per heavy atom. The van der Waals surface area contributed by atoms with Crippen molar-refractivity contribution in [2.24, 2.45) is 5.41 Å². The highest BCUT2D eigenvalue weighted by molar-refractivity contribution is 6.00. The summed E-state index contributed by atoms with van der Waals surface area (Å²) in [5.41, 5.74) is -1.77.